The fourth-order valence-electron chi connectivity index (χ4n) is 17.4. The zero-order chi connectivity index (χ0) is 99.6. The van der Waals surface area contributed by atoms with Crippen LogP contribution in [0.25, 0.3) is 89.2 Å². The molecule has 8 amide bonds. The summed E-state index contributed by atoms with van der Waals surface area (Å²) in [5.74, 6) is -0.471. The van der Waals surface area contributed by atoms with Crippen molar-refractivity contribution in [1.82, 2.24) is 111 Å². The van der Waals surface area contributed by atoms with Gasteiger partial charge in [0.05, 0.1) is 125 Å². The van der Waals surface area contributed by atoms with Crippen molar-refractivity contribution in [2.75, 3.05) is 93.3 Å². The molecule has 7 saturated heterocycles. The first kappa shape index (κ1) is 97.2. The van der Waals surface area contributed by atoms with Crippen molar-refractivity contribution in [2.45, 2.75) is 165 Å². The van der Waals surface area contributed by atoms with Gasteiger partial charge < -0.3 is 78.3 Å². The number of carbonyl (C=O) groups is 8. The smallest absolute Gasteiger partial charge is 0.261 e. The molecule has 1 unspecified atom stereocenters. The second-order valence-corrected chi connectivity index (χ2v) is 41.7. The van der Waals surface area contributed by atoms with Crippen LogP contribution in [0, 0.1) is 0 Å². The molecule has 12 N–H and O–H groups in total. The van der Waals surface area contributed by atoms with Gasteiger partial charge >= 0.3 is 0 Å². The van der Waals surface area contributed by atoms with Crippen molar-refractivity contribution in [1.29, 1.82) is 0 Å². The molecule has 23 rings (SSSR count). The number of hydrogen-bond acceptors (Lipinski definition) is 27. The van der Waals surface area contributed by atoms with Crippen LogP contribution in [0.5, 0.6) is 0 Å². The fourth-order valence-corrected chi connectivity index (χ4v) is 21.0. The molecular formula is C101H106F4N26O9S4. The summed E-state index contributed by atoms with van der Waals surface area (Å²) >= 11 is 5.38. The molecule has 4 aliphatic carbocycles. The first-order chi connectivity index (χ1) is 69.7. The molecule has 4 saturated carbocycles. The summed E-state index contributed by atoms with van der Waals surface area (Å²) in [5, 5.41) is 54.3. The van der Waals surface area contributed by atoms with Crippen molar-refractivity contribution in [2.24, 2.45) is 0 Å². The van der Waals surface area contributed by atoms with E-state index in [1.54, 1.807) is 56.5 Å². The van der Waals surface area contributed by atoms with Crippen molar-refractivity contribution in [3.05, 3.63) is 211 Å². The number of halogens is 4. The van der Waals surface area contributed by atoms with Crippen molar-refractivity contribution >= 4 is 163 Å². The Balaban J connectivity index is 0.000000117. The number of rotatable bonds is 31. The van der Waals surface area contributed by atoms with Gasteiger partial charge in [0.25, 0.3) is 36.0 Å². The van der Waals surface area contributed by atoms with Gasteiger partial charge in [0.1, 0.15) is 23.3 Å². The van der Waals surface area contributed by atoms with Gasteiger partial charge in [-0.3, -0.25) is 38.4 Å². The number of carbonyl (C=O) groups excluding carboxylic acids is 8. The van der Waals surface area contributed by atoms with Crippen molar-refractivity contribution < 1.29 is 60.7 Å². The zero-order valence-corrected chi connectivity index (χ0v) is 81.9. The molecular weight excluding hydrogens is 1930 g/mol. The lowest BCUT2D eigenvalue weighted by molar-refractivity contribution is -0.119. The number of ether oxygens (including phenoxy) is 1. The monoisotopic (exact) mass is 2030 g/mol. The molecule has 144 heavy (non-hydrogen) atoms. The molecule has 19 heterocycles. The second kappa shape index (κ2) is 42.4. The molecule has 0 radical (unpaired) electrons. The van der Waals surface area contributed by atoms with Crippen LogP contribution >= 0.6 is 45.3 Å². The number of amides is 8. The molecule has 12 aromatic rings. The van der Waals surface area contributed by atoms with Gasteiger partial charge in [-0.1, -0.05) is 26.3 Å². The van der Waals surface area contributed by atoms with Gasteiger partial charge in [-0.05, 0) is 198 Å². The molecule has 0 bridgehead atoms. The SMILES string of the molecule is C=C1NC(=O)C/C1=C\c1cnn2c(NC3CC3)cc(-c3ccc(C(=O)NCC(F)F)s3)nc12.C=C1NC(=O)C/C1=C\c1cnn2c(NC3CC3)cc(-c3ccc(C(=O)NCC4CCCO4)s3)nc12.C=C1NC(=O)C/C1=C\c1cnn2c(NC3CC3)cc(-c3ccc(C(=O)NCCCN4CCCC4)s3)nc12.C=C1NC(=O)C/C1=C\c1cnn2c(NC3CC3)cc(-c3ccc(C(=O)NCCN4CCC(F)(F)CC4)s3)nc12. The maximum Gasteiger partial charge on any atom is 0.261 e. The third-order valence-electron chi connectivity index (χ3n) is 25.8. The minimum Gasteiger partial charge on any atom is -0.376 e. The average molecular weight is 2030 g/mol. The van der Waals surface area contributed by atoms with E-state index in [4.69, 9.17) is 24.7 Å². The molecule has 0 aromatic carbocycles. The highest BCUT2D eigenvalue weighted by molar-refractivity contribution is 7.18. The highest BCUT2D eigenvalue weighted by Crippen LogP contribution is 2.41. The van der Waals surface area contributed by atoms with E-state index in [2.05, 4.69) is 115 Å². The molecule has 11 aliphatic rings. The molecule has 0 spiro atoms. The molecule has 12 aromatic heterocycles. The van der Waals surface area contributed by atoms with Gasteiger partial charge in [-0.25, -0.2) is 37.5 Å². The van der Waals surface area contributed by atoms with Crippen LogP contribution in [0.1, 0.15) is 183 Å². The van der Waals surface area contributed by atoms with Gasteiger partial charge in [-0.15, -0.1) is 45.3 Å². The number of nitrogens with zero attached hydrogens (tertiary/aromatic N) is 14. The van der Waals surface area contributed by atoms with E-state index in [1.165, 1.54) is 71.3 Å². The summed E-state index contributed by atoms with van der Waals surface area (Å²) < 4.78 is 64.2. The Kier molecular flexibility index (Phi) is 28.6. The van der Waals surface area contributed by atoms with Crippen LogP contribution in [0.2, 0.25) is 0 Å². The third-order valence-corrected chi connectivity index (χ3v) is 30.3. The number of aromatic nitrogens is 12. The number of thiophene rings is 4. The first-order valence-electron chi connectivity index (χ1n) is 48.3. The third kappa shape index (κ3) is 23.6. The van der Waals surface area contributed by atoms with Crippen LogP contribution < -0.4 is 63.8 Å². The largest absolute Gasteiger partial charge is 0.376 e. The average Bonchev–Trinajstić information content (AvgIpc) is 1.63. The summed E-state index contributed by atoms with van der Waals surface area (Å²) in [6, 6.07) is 24.0. The number of hydrogen-bond donors (Lipinski definition) is 12. The van der Waals surface area contributed by atoms with E-state index in [0.29, 0.717) is 153 Å². The number of nitrogens with one attached hydrogen (secondary N) is 12. The van der Waals surface area contributed by atoms with E-state index in [0.717, 1.165) is 182 Å². The predicted molar refractivity (Wildman–Crippen MR) is 547 cm³/mol. The molecule has 7 aliphatic heterocycles. The Morgan fingerprint density at radius 2 is 0.743 bits per heavy atom. The molecule has 43 heteroatoms. The Bertz CT molecular complexity index is 7230. The van der Waals surface area contributed by atoms with Gasteiger partial charge in [0.2, 0.25) is 23.6 Å². The Labute approximate surface area is 839 Å². The summed E-state index contributed by atoms with van der Waals surface area (Å²) in [6.45, 7) is 22.0. The number of anilines is 4. The number of allylic oxidation sites excluding steroid dienone is 4. The number of likely N-dealkylation sites (tertiary alicyclic amines) is 2. The Morgan fingerprint density at radius 3 is 1.05 bits per heavy atom. The summed E-state index contributed by atoms with van der Waals surface area (Å²) in [6.07, 6.45) is 27.2. The van der Waals surface area contributed by atoms with Crippen LogP contribution in [0.3, 0.4) is 0 Å². The molecule has 11 fully saturated rings. The minimum atomic E-state index is -2.61. The lowest BCUT2D eigenvalue weighted by atomic mass is 10.1. The van der Waals surface area contributed by atoms with E-state index in [-0.39, 0.29) is 73.1 Å². The van der Waals surface area contributed by atoms with Crippen LogP contribution in [0.15, 0.2) is 169 Å². The number of alkyl halides is 4. The highest BCUT2D eigenvalue weighted by atomic mass is 32.1. The molecule has 746 valence electrons. The maximum atomic E-state index is 13.4. The highest BCUT2D eigenvalue weighted by Gasteiger charge is 2.36. The summed E-state index contributed by atoms with van der Waals surface area (Å²) in [4.78, 5) is 127. The Hall–Kier alpha value is -14.2. The van der Waals surface area contributed by atoms with Gasteiger partial charge in [-0.2, -0.15) is 38.5 Å². The van der Waals surface area contributed by atoms with E-state index in [9.17, 15) is 55.9 Å². The summed E-state index contributed by atoms with van der Waals surface area (Å²) in [7, 11) is 0. The lowest BCUT2D eigenvalue weighted by Crippen LogP contribution is -2.42. The predicted octanol–water partition coefficient (Wildman–Crippen LogP) is 14.4. The first-order valence-corrected chi connectivity index (χ1v) is 51.6. The normalized spacial score (nSPS) is 19.6. The molecule has 1 atom stereocenters. The topological polar surface area (TPSA) is 417 Å². The quantitative estimate of drug-likeness (QED) is 0.0142. The Morgan fingerprint density at radius 1 is 0.424 bits per heavy atom. The summed E-state index contributed by atoms with van der Waals surface area (Å²) in [5.41, 5.74) is 14.2. The van der Waals surface area contributed by atoms with Crippen LogP contribution in [-0.4, -0.2) is 230 Å². The second-order valence-electron chi connectivity index (χ2n) is 37.3. The van der Waals surface area contributed by atoms with Gasteiger partial charge in [0, 0.05) is 152 Å². The standard InChI is InChI=1S/C27H29F2N7O2S.C27H31N7O2S.C25H26N6O3S.C22H20F2N6O2S/c1-16-17(13-24(37)32-16)12-18-15-31-36-23(33-19-2-3-19)14-20(34-25(18)36)21-4-5-22(39-21)26(38)30-8-11-35-9-6-27(28,29)7-10-35;1-17-18(14-25(35)30-17)13-19-16-29-34-24(31-20-5-6-20)15-21(32-26(19)34)22-7-8-23(37-22)27(36)28-9-4-12-33-10-2-3-11-33;1-14-15(10-23(32)28-14)9-16-12-27-31-22(29-17-4-5-17)11-19(30-24(16)31)20-6-7-21(35-20)25(33)26-13-18-3-2-8-34-18;1-11-12(7-20(31)27-11)6-13-9-26-30-19(28-14-2-3-14)8-15(29-21(13)30)16-4-5-17(33-16)22(32)25-10-18(23)24/h4-5,12,14-15,19,33H,1-3,6-11,13H2,(H,30,38)(H,32,37);7-8,13,15-16,20,31H,1-6,9-12,14H2,(H,28,36)(H,30,35);6-7,9,11-12,17-18,29H,1-5,8,10,13H2,(H,26,33)(H,28,32);4-6,8-9,14,18,28H,1-3,7,10H2,(H,25,32)(H,27,31)/b17-12+;18-13+;15-9+;12-6+. The van der Waals surface area contributed by atoms with Crippen molar-refractivity contribution in [3.8, 4) is 42.3 Å². The molecule has 35 nitrogen and oxygen atoms in total. The van der Waals surface area contributed by atoms with E-state index >= 15 is 0 Å². The number of fused-ring (bicyclic) bond motifs is 4. The fraction of sp³-hybridized carbons (Fsp3) is 0.366. The van der Waals surface area contributed by atoms with E-state index in [1.807, 2.05) is 88.3 Å². The van der Waals surface area contributed by atoms with Crippen LogP contribution in [0.4, 0.5) is 40.8 Å². The minimum absolute atomic E-state index is 0.0400. The van der Waals surface area contributed by atoms with E-state index < -0.39 is 24.8 Å². The lowest BCUT2D eigenvalue weighted by Gasteiger charge is -2.31. The number of piperidine rings is 1. The maximum absolute atomic E-state index is 13.4. The zero-order valence-electron chi connectivity index (χ0n) is 78.6. The van der Waals surface area contributed by atoms with Crippen LogP contribution in [-0.2, 0) is 23.9 Å². The van der Waals surface area contributed by atoms with Crippen molar-refractivity contribution in [3.63, 3.8) is 0 Å². The van der Waals surface area contributed by atoms with Gasteiger partial charge in [0.15, 0.2) is 22.6 Å².